The Morgan fingerprint density at radius 3 is 2.06 bits per heavy atom. The van der Waals surface area contributed by atoms with Gasteiger partial charge in [-0.25, -0.2) is 4.68 Å². The van der Waals surface area contributed by atoms with Crippen molar-refractivity contribution in [3.8, 4) is 16.3 Å². The molecule has 0 spiro atoms. The topological polar surface area (TPSA) is 50.5 Å². The fourth-order valence-corrected chi connectivity index (χ4v) is 4.80. The van der Waals surface area contributed by atoms with Gasteiger partial charge >= 0.3 is 0 Å². The molecule has 0 unspecified atom stereocenters. The van der Waals surface area contributed by atoms with Gasteiger partial charge in [0.1, 0.15) is 11.4 Å². The number of thiophene rings is 1. The highest BCUT2D eigenvalue weighted by atomic mass is 32.1. The Balaban J connectivity index is 1.51. The summed E-state index contributed by atoms with van der Waals surface area (Å²) < 4.78 is 1.86. The van der Waals surface area contributed by atoms with Crippen LogP contribution in [0.15, 0.2) is 125 Å². The molecule has 0 saturated heterocycles. The van der Waals surface area contributed by atoms with Crippen molar-refractivity contribution in [2.75, 3.05) is 5.01 Å². The summed E-state index contributed by atoms with van der Waals surface area (Å²) in [6, 6.07) is 33.3. The Labute approximate surface area is 206 Å². The maximum absolute atomic E-state index is 13.7. The summed E-state index contributed by atoms with van der Waals surface area (Å²) >= 11 is 1.62. The number of aromatic nitrogens is 2. The van der Waals surface area contributed by atoms with Gasteiger partial charge in [-0.2, -0.15) is 15.2 Å². The number of rotatable bonds is 5. The molecule has 6 heteroatoms. The van der Waals surface area contributed by atoms with E-state index in [1.165, 1.54) is 5.01 Å². The van der Waals surface area contributed by atoms with Crippen LogP contribution < -0.4 is 5.01 Å². The molecule has 5 aromatic rings. The Morgan fingerprint density at radius 1 is 0.743 bits per heavy atom. The molecule has 1 aliphatic heterocycles. The highest BCUT2D eigenvalue weighted by Gasteiger charge is 2.32. The number of carbonyl (C=O) groups excluding carboxylic acids is 1. The van der Waals surface area contributed by atoms with Gasteiger partial charge in [0, 0.05) is 17.3 Å². The Morgan fingerprint density at radius 2 is 1.40 bits per heavy atom. The third-order valence-corrected chi connectivity index (χ3v) is 6.62. The largest absolute Gasteiger partial charge is 0.281 e. The maximum Gasteiger partial charge on any atom is 0.281 e. The summed E-state index contributed by atoms with van der Waals surface area (Å²) in [5, 5.41) is 13.1. The van der Waals surface area contributed by atoms with Gasteiger partial charge in [-0.05, 0) is 41.8 Å². The fourth-order valence-electron chi connectivity index (χ4n) is 4.06. The highest BCUT2D eigenvalue weighted by Crippen LogP contribution is 2.32. The predicted molar refractivity (Wildman–Crippen MR) is 142 cm³/mol. The number of hydrazone groups is 1. The first-order valence-electron chi connectivity index (χ1n) is 11.2. The molecule has 0 fully saturated rings. The second kappa shape index (κ2) is 9.00. The smallest absolute Gasteiger partial charge is 0.267 e. The van der Waals surface area contributed by atoms with Crippen molar-refractivity contribution in [1.82, 2.24) is 9.78 Å². The average molecular weight is 473 g/mol. The molecule has 6 rings (SSSR count). The lowest BCUT2D eigenvalue weighted by Gasteiger charge is -2.10. The second-order valence-corrected chi connectivity index (χ2v) is 8.96. The van der Waals surface area contributed by atoms with E-state index < -0.39 is 0 Å². The molecule has 0 saturated carbocycles. The van der Waals surface area contributed by atoms with Crippen LogP contribution in [0.1, 0.15) is 11.1 Å². The Bertz CT molecular complexity index is 1540. The molecule has 35 heavy (non-hydrogen) atoms. The summed E-state index contributed by atoms with van der Waals surface area (Å²) in [4.78, 5) is 14.7. The van der Waals surface area contributed by atoms with Gasteiger partial charge in [-0.15, -0.1) is 11.3 Å². The molecule has 5 nitrogen and oxygen atoms in total. The van der Waals surface area contributed by atoms with E-state index in [4.69, 9.17) is 10.2 Å². The minimum absolute atomic E-state index is 0.167. The molecule has 0 aliphatic carbocycles. The lowest BCUT2D eigenvalue weighted by molar-refractivity contribution is -0.114. The van der Waals surface area contributed by atoms with Crippen molar-refractivity contribution in [3.63, 3.8) is 0 Å². The molecular weight excluding hydrogens is 452 g/mol. The number of nitrogens with zero attached hydrogens (tertiary/aromatic N) is 4. The second-order valence-electron chi connectivity index (χ2n) is 8.02. The van der Waals surface area contributed by atoms with Gasteiger partial charge in [-0.3, -0.25) is 4.79 Å². The molecule has 1 amide bonds. The summed E-state index contributed by atoms with van der Waals surface area (Å²) in [6.45, 7) is 0. The molecule has 0 radical (unpaired) electrons. The van der Waals surface area contributed by atoms with Crippen molar-refractivity contribution in [2.45, 2.75) is 0 Å². The zero-order valence-electron chi connectivity index (χ0n) is 18.7. The van der Waals surface area contributed by atoms with Crippen molar-refractivity contribution < 1.29 is 4.79 Å². The van der Waals surface area contributed by atoms with Gasteiger partial charge in [0.25, 0.3) is 5.91 Å². The summed E-state index contributed by atoms with van der Waals surface area (Å²) in [5.74, 6) is -0.167. The number of hydrogen-bond acceptors (Lipinski definition) is 4. The minimum atomic E-state index is -0.167. The zero-order valence-corrected chi connectivity index (χ0v) is 19.5. The van der Waals surface area contributed by atoms with E-state index >= 15 is 0 Å². The van der Waals surface area contributed by atoms with Crippen LogP contribution in [0.5, 0.6) is 0 Å². The van der Waals surface area contributed by atoms with Gasteiger partial charge in [0.2, 0.25) is 0 Å². The normalized spacial score (nSPS) is 14.5. The number of para-hydroxylation sites is 2. The van der Waals surface area contributed by atoms with E-state index in [-0.39, 0.29) is 5.91 Å². The van der Waals surface area contributed by atoms with Crippen molar-refractivity contribution in [2.24, 2.45) is 5.10 Å². The molecule has 168 valence electrons. The third-order valence-electron chi connectivity index (χ3n) is 5.74. The summed E-state index contributed by atoms with van der Waals surface area (Å²) in [6.07, 6.45) is 3.89. The number of anilines is 1. The van der Waals surface area contributed by atoms with Crippen LogP contribution in [-0.2, 0) is 4.79 Å². The quantitative estimate of drug-likeness (QED) is 0.277. The molecule has 2 aromatic heterocycles. The number of amides is 1. The van der Waals surface area contributed by atoms with E-state index in [9.17, 15) is 4.79 Å². The van der Waals surface area contributed by atoms with Gasteiger partial charge < -0.3 is 0 Å². The predicted octanol–water partition coefficient (Wildman–Crippen LogP) is 6.44. The lowest BCUT2D eigenvalue weighted by Crippen LogP contribution is -2.21. The van der Waals surface area contributed by atoms with Crippen LogP contribution in [0.25, 0.3) is 22.3 Å². The molecule has 3 heterocycles. The molecule has 3 aromatic carbocycles. The first-order chi connectivity index (χ1) is 17.3. The third kappa shape index (κ3) is 4.00. The van der Waals surface area contributed by atoms with E-state index in [0.717, 1.165) is 33.1 Å². The SMILES string of the molecule is O=C1/C(=C\c2cn(-c3ccccc3)nc2-c2cccs2)C(c2ccccc2)=NN1c1ccccc1. The number of carbonyl (C=O) groups is 1. The molecule has 0 N–H and O–H groups in total. The van der Waals surface area contributed by atoms with E-state index in [1.54, 1.807) is 11.3 Å². The minimum Gasteiger partial charge on any atom is -0.267 e. The van der Waals surface area contributed by atoms with Crippen LogP contribution in [-0.4, -0.2) is 21.4 Å². The highest BCUT2D eigenvalue weighted by molar-refractivity contribution is 7.13. The van der Waals surface area contributed by atoms with Crippen LogP contribution >= 0.6 is 11.3 Å². The monoisotopic (exact) mass is 472 g/mol. The molecular formula is C29H20N4OS. The van der Waals surface area contributed by atoms with Crippen LogP contribution in [0, 0.1) is 0 Å². The van der Waals surface area contributed by atoms with Gasteiger partial charge in [0.05, 0.1) is 21.8 Å². The van der Waals surface area contributed by atoms with E-state index in [0.29, 0.717) is 11.3 Å². The van der Waals surface area contributed by atoms with Crippen LogP contribution in [0.2, 0.25) is 0 Å². The van der Waals surface area contributed by atoms with Gasteiger partial charge in [0.15, 0.2) is 0 Å². The van der Waals surface area contributed by atoms with E-state index in [2.05, 4.69) is 0 Å². The average Bonchev–Trinajstić information content (AvgIpc) is 3.66. The van der Waals surface area contributed by atoms with Gasteiger partial charge in [-0.1, -0.05) is 72.8 Å². The molecule has 1 aliphatic rings. The van der Waals surface area contributed by atoms with Crippen molar-refractivity contribution in [3.05, 3.63) is 131 Å². The molecule has 0 bridgehead atoms. The van der Waals surface area contributed by atoms with Crippen LogP contribution in [0.3, 0.4) is 0 Å². The lowest BCUT2D eigenvalue weighted by atomic mass is 10.00. The van der Waals surface area contributed by atoms with Crippen molar-refractivity contribution in [1.29, 1.82) is 0 Å². The number of benzene rings is 3. The van der Waals surface area contributed by atoms with Crippen LogP contribution in [0.4, 0.5) is 5.69 Å². The number of hydrogen-bond donors (Lipinski definition) is 0. The Hall–Kier alpha value is -4.55. The molecule has 0 atom stereocenters. The summed E-state index contributed by atoms with van der Waals surface area (Å²) in [7, 11) is 0. The fraction of sp³-hybridized carbons (Fsp3) is 0. The summed E-state index contributed by atoms with van der Waals surface area (Å²) in [5.41, 5.74) is 5.43. The zero-order chi connectivity index (χ0) is 23.6. The first-order valence-corrected chi connectivity index (χ1v) is 12.1. The Kier molecular flexibility index (Phi) is 5.41. The van der Waals surface area contributed by atoms with E-state index in [1.807, 2.05) is 125 Å². The maximum atomic E-state index is 13.7. The standard InChI is InChI=1S/C29H20N4OS/c34-29-25(27(21-11-4-1-5-12-21)31-33(29)24-15-8-3-9-16-24)19-22-20-32(23-13-6-2-7-14-23)30-28(22)26-17-10-18-35-26/h1-20H/b25-19-. The first kappa shape index (κ1) is 21.0. The van der Waals surface area contributed by atoms with Crippen molar-refractivity contribution >= 4 is 34.7 Å².